The molecule has 0 N–H and O–H groups in total. The molecule has 0 aliphatic rings. The van der Waals surface area contributed by atoms with E-state index in [-0.39, 0.29) is 12.6 Å². The van der Waals surface area contributed by atoms with Crippen molar-refractivity contribution in [2.24, 2.45) is 0 Å². The maximum atomic E-state index is 12.0. The van der Waals surface area contributed by atoms with Crippen LogP contribution in [-0.4, -0.2) is 24.1 Å². The highest BCUT2D eigenvalue weighted by Gasteiger charge is 2.27. The lowest BCUT2D eigenvalue weighted by Crippen LogP contribution is -2.33. The van der Waals surface area contributed by atoms with Crippen molar-refractivity contribution in [3.8, 4) is 0 Å². The molecule has 4 nitrogen and oxygen atoms in total. The Labute approximate surface area is 132 Å². The summed E-state index contributed by atoms with van der Waals surface area (Å²) in [7, 11) is 0. The Bertz CT molecular complexity index is 562. The van der Waals surface area contributed by atoms with Crippen molar-refractivity contribution in [3.05, 3.63) is 47.5 Å². The first kappa shape index (κ1) is 18.0. The molecule has 0 saturated heterocycles. The van der Waals surface area contributed by atoms with Gasteiger partial charge in [-0.1, -0.05) is 31.2 Å². The van der Waals surface area contributed by atoms with Gasteiger partial charge < -0.3 is 9.47 Å². The molecule has 1 atom stereocenters. The van der Waals surface area contributed by atoms with E-state index in [2.05, 4.69) is 6.58 Å². The monoisotopic (exact) mass is 304 g/mol. The first-order chi connectivity index (χ1) is 10.3. The van der Waals surface area contributed by atoms with Gasteiger partial charge >= 0.3 is 11.9 Å². The quantitative estimate of drug-likeness (QED) is 0.567. The molecule has 120 valence electrons. The highest BCUT2D eigenvalue weighted by atomic mass is 16.6. The van der Waals surface area contributed by atoms with Crippen molar-refractivity contribution >= 4 is 11.9 Å². The van der Waals surface area contributed by atoms with E-state index in [1.165, 1.54) is 0 Å². The number of hydrogen-bond acceptors (Lipinski definition) is 4. The van der Waals surface area contributed by atoms with E-state index in [0.29, 0.717) is 24.0 Å². The van der Waals surface area contributed by atoms with Gasteiger partial charge in [0, 0.05) is 12.0 Å². The number of esters is 2. The van der Waals surface area contributed by atoms with Gasteiger partial charge in [0.15, 0.2) is 0 Å². The zero-order valence-electron chi connectivity index (χ0n) is 13.8. The Kier molecular flexibility index (Phi) is 6.35. The second-order valence-corrected chi connectivity index (χ2v) is 5.73. The highest BCUT2D eigenvalue weighted by molar-refractivity contribution is 5.89. The molecule has 4 heteroatoms. The predicted octanol–water partition coefficient (Wildman–Crippen LogP) is 3.83. The molecule has 1 aromatic carbocycles. The molecule has 0 aliphatic carbocycles. The average Bonchev–Trinajstić information content (AvgIpc) is 2.47. The number of carbonyl (C=O) groups is 2. The van der Waals surface area contributed by atoms with Crippen LogP contribution in [0.5, 0.6) is 0 Å². The highest BCUT2D eigenvalue weighted by Crippen LogP contribution is 2.21. The summed E-state index contributed by atoms with van der Waals surface area (Å²) in [4.78, 5) is 23.6. The third kappa shape index (κ3) is 5.35. The van der Waals surface area contributed by atoms with E-state index in [1.54, 1.807) is 19.1 Å². The van der Waals surface area contributed by atoms with E-state index in [9.17, 15) is 9.59 Å². The fourth-order valence-corrected chi connectivity index (χ4v) is 1.83. The second kappa shape index (κ2) is 7.78. The molecule has 0 aromatic heterocycles. The van der Waals surface area contributed by atoms with Crippen LogP contribution in [0.25, 0.3) is 0 Å². The van der Waals surface area contributed by atoms with Gasteiger partial charge in [-0.15, -0.1) is 0 Å². The summed E-state index contributed by atoms with van der Waals surface area (Å²) in [5.74, 6) is -0.789. The number of ether oxygens (including phenoxy) is 2. The minimum atomic E-state index is -0.664. The number of hydrogen-bond donors (Lipinski definition) is 0. The first-order valence-electron chi connectivity index (χ1n) is 7.40. The lowest BCUT2D eigenvalue weighted by molar-refractivity contribution is -0.154. The fourth-order valence-electron chi connectivity index (χ4n) is 1.83. The molecule has 0 bridgehead atoms. The van der Waals surface area contributed by atoms with E-state index in [1.807, 2.05) is 32.9 Å². The predicted molar refractivity (Wildman–Crippen MR) is 85.7 cm³/mol. The maximum absolute atomic E-state index is 12.0. The van der Waals surface area contributed by atoms with E-state index < -0.39 is 11.6 Å². The van der Waals surface area contributed by atoms with Gasteiger partial charge in [-0.25, -0.2) is 9.59 Å². The summed E-state index contributed by atoms with van der Waals surface area (Å²) in [5, 5.41) is 0. The summed E-state index contributed by atoms with van der Waals surface area (Å²) < 4.78 is 10.7. The number of rotatable bonds is 7. The first-order valence-corrected chi connectivity index (χ1v) is 7.40. The molecular weight excluding hydrogens is 280 g/mol. The minimum Gasteiger partial charge on any atom is -0.462 e. The molecule has 0 aliphatic heterocycles. The standard InChI is InChI=1S/C18H24O4/c1-6-18(5,22-16(19)13(2)3)10-11-21-17(20)15-9-7-8-14(4)12-15/h7-9,12H,2,6,10-11H2,1,3-5H3. The summed E-state index contributed by atoms with van der Waals surface area (Å²) in [6, 6.07) is 7.23. The number of aryl methyl sites for hydroxylation is 1. The van der Waals surface area contributed by atoms with Gasteiger partial charge in [-0.3, -0.25) is 0 Å². The Morgan fingerprint density at radius 1 is 1.32 bits per heavy atom. The summed E-state index contributed by atoms with van der Waals surface area (Å²) in [5.41, 5.74) is 1.22. The molecule has 0 amide bonds. The second-order valence-electron chi connectivity index (χ2n) is 5.73. The fraction of sp³-hybridized carbons (Fsp3) is 0.444. The van der Waals surface area contributed by atoms with Crippen molar-refractivity contribution in [1.82, 2.24) is 0 Å². The topological polar surface area (TPSA) is 52.6 Å². The molecule has 22 heavy (non-hydrogen) atoms. The molecule has 0 radical (unpaired) electrons. The van der Waals surface area contributed by atoms with Crippen molar-refractivity contribution in [1.29, 1.82) is 0 Å². The van der Waals surface area contributed by atoms with E-state index >= 15 is 0 Å². The number of benzene rings is 1. The maximum Gasteiger partial charge on any atom is 0.338 e. The molecule has 0 saturated carbocycles. The Hall–Kier alpha value is -2.10. The SMILES string of the molecule is C=C(C)C(=O)OC(C)(CC)CCOC(=O)c1cccc(C)c1. The lowest BCUT2D eigenvalue weighted by Gasteiger charge is -2.28. The summed E-state index contributed by atoms with van der Waals surface area (Å²) in [6.07, 6.45) is 1.08. The minimum absolute atomic E-state index is 0.195. The van der Waals surface area contributed by atoms with Crippen LogP contribution in [0.15, 0.2) is 36.4 Å². The van der Waals surface area contributed by atoms with Gasteiger partial charge in [-0.2, -0.15) is 0 Å². The molecule has 1 aromatic rings. The van der Waals surface area contributed by atoms with Crippen LogP contribution < -0.4 is 0 Å². The third-order valence-electron chi connectivity index (χ3n) is 3.55. The van der Waals surface area contributed by atoms with Crippen molar-refractivity contribution in [2.75, 3.05) is 6.61 Å². The van der Waals surface area contributed by atoms with Gasteiger partial charge in [0.1, 0.15) is 5.60 Å². The van der Waals surface area contributed by atoms with Crippen LogP contribution in [0.3, 0.4) is 0 Å². The van der Waals surface area contributed by atoms with Crippen molar-refractivity contribution < 1.29 is 19.1 Å². The molecule has 0 spiro atoms. The van der Waals surface area contributed by atoms with Crippen molar-refractivity contribution in [2.45, 2.75) is 46.1 Å². The summed E-state index contributed by atoms with van der Waals surface area (Å²) >= 11 is 0. The third-order valence-corrected chi connectivity index (χ3v) is 3.55. The van der Waals surface area contributed by atoms with E-state index in [0.717, 1.165) is 5.56 Å². The van der Waals surface area contributed by atoms with Crippen LogP contribution >= 0.6 is 0 Å². The van der Waals surface area contributed by atoms with Gasteiger partial charge in [0.25, 0.3) is 0 Å². The van der Waals surface area contributed by atoms with Crippen LogP contribution in [0.1, 0.15) is 49.5 Å². The zero-order valence-corrected chi connectivity index (χ0v) is 13.8. The molecule has 0 fully saturated rings. The number of carbonyl (C=O) groups excluding carboxylic acids is 2. The smallest absolute Gasteiger partial charge is 0.338 e. The lowest BCUT2D eigenvalue weighted by atomic mass is 9.99. The Balaban J connectivity index is 2.55. The normalized spacial score (nSPS) is 13.1. The van der Waals surface area contributed by atoms with E-state index in [4.69, 9.17) is 9.47 Å². The van der Waals surface area contributed by atoms with Crippen LogP contribution in [0, 0.1) is 6.92 Å². The Morgan fingerprint density at radius 2 is 2.00 bits per heavy atom. The molecule has 1 rings (SSSR count). The Morgan fingerprint density at radius 3 is 2.55 bits per heavy atom. The van der Waals surface area contributed by atoms with Gasteiger partial charge in [-0.05, 0) is 39.3 Å². The van der Waals surface area contributed by atoms with Crippen LogP contribution in [0.2, 0.25) is 0 Å². The zero-order chi connectivity index (χ0) is 16.8. The van der Waals surface area contributed by atoms with Gasteiger partial charge in [0.2, 0.25) is 0 Å². The van der Waals surface area contributed by atoms with Gasteiger partial charge in [0.05, 0.1) is 12.2 Å². The molecule has 0 heterocycles. The largest absolute Gasteiger partial charge is 0.462 e. The molecule has 1 unspecified atom stereocenters. The van der Waals surface area contributed by atoms with Crippen LogP contribution in [-0.2, 0) is 14.3 Å². The van der Waals surface area contributed by atoms with Crippen LogP contribution in [0.4, 0.5) is 0 Å². The molecular formula is C18H24O4. The van der Waals surface area contributed by atoms with Crippen molar-refractivity contribution in [3.63, 3.8) is 0 Å². The average molecular weight is 304 g/mol. The summed E-state index contributed by atoms with van der Waals surface area (Å²) in [6.45, 7) is 11.0.